The summed E-state index contributed by atoms with van der Waals surface area (Å²) < 4.78 is 0. The molecule has 1 heterocycles. The highest BCUT2D eigenvalue weighted by Crippen LogP contribution is 2.34. The molecule has 3 heteroatoms. The number of hydrogen-bond donors (Lipinski definition) is 1. The molecule has 0 unspecified atom stereocenters. The van der Waals surface area contributed by atoms with Crippen LogP contribution in [0.25, 0.3) is 21.5 Å². The first-order valence-electron chi connectivity index (χ1n) is 6.47. The van der Waals surface area contributed by atoms with Crippen LogP contribution in [0.3, 0.4) is 0 Å². The Labute approximate surface area is 115 Å². The van der Waals surface area contributed by atoms with Crippen LogP contribution < -0.4 is 5.32 Å². The number of imide groups is 1. The van der Waals surface area contributed by atoms with E-state index in [9.17, 15) is 9.59 Å². The van der Waals surface area contributed by atoms with Crippen molar-refractivity contribution in [3.8, 4) is 0 Å². The monoisotopic (exact) mass is 261 g/mol. The maximum Gasteiger partial charge on any atom is 0.259 e. The van der Waals surface area contributed by atoms with Gasteiger partial charge in [0.15, 0.2) is 0 Å². The summed E-state index contributed by atoms with van der Waals surface area (Å²) in [6.07, 6.45) is 0. The van der Waals surface area contributed by atoms with Crippen LogP contribution >= 0.6 is 0 Å². The van der Waals surface area contributed by atoms with Gasteiger partial charge in [0.1, 0.15) is 0 Å². The highest BCUT2D eigenvalue weighted by molar-refractivity contribution is 6.30. The second kappa shape index (κ2) is 3.67. The van der Waals surface area contributed by atoms with E-state index >= 15 is 0 Å². The van der Waals surface area contributed by atoms with Crippen LogP contribution in [0.15, 0.2) is 42.5 Å². The maximum atomic E-state index is 12.3. The summed E-state index contributed by atoms with van der Waals surface area (Å²) in [5.41, 5.74) is 2.25. The zero-order chi connectivity index (χ0) is 13.9. The largest absolute Gasteiger partial charge is 0.288 e. The highest BCUT2D eigenvalue weighted by Gasteiger charge is 2.27. The van der Waals surface area contributed by atoms with Crippen molar-refractivity contribution >= 4 is 33.4 Å². The molecule has 3 nitrogen and oxygen atoms in total. The second-order valence-electron chi connectivity index (χ2n) is 5.11. The van der Waals surface area contributed by atoms with Crippen molar-refractivity contribution in [3.63, 3.8) is 0 Å². The van der Waals surface area contributed by atoms with Gasteiger partial charge in [-0.3, -0.25) is 14.9 Å². The number of carbonyl (C=O) groups excluding carboxylic acids is 2. The Kier molecular flexibility index (Phi) is 2.05. The molecule has 0 aromatic heterocycles. The molecule has 3 aromatic carbocycles. The SMILES string of the molecule is Cc1ccc2c3c(c4ccccc4cc13)C(=O)NC2=O. The third-order valence-corrected chi connectivity index (χ3v) is 3.94. The predicted octanol–water partition coefficient (Wildman–Crippen LogP) is 3.19. The van der Waals surface area contributed by atoms with Crippen molar-refractivity contribution in [2.45, 2.75) is 6.92 Å². The Morgan fingerprint density at radius 2 is 1.70 bits per heavy atom. The molecule has 1 aliphatic heterocycles. The van der Waals surface area contributed by atoms with Crippen molar-refractivity contribution < 1.29 is 9.59 Å². The average Bonchev–Trinajstić information content (AvgIpc) is 2.44. The van der Waals surface area contributed by atoms with Gasteiger partial charge in [0, 0.05) is 10.9 Å². The van der Waals surface area contributed by atoms with E-state index in [1.807, 2.05) is 37.3 Å². The van der Waals surface area contributed by atoms with E-state index in [-0.39, 0.29) is 11.8 Å². The Morgan fingerprint density at radius 1 is 0.900 bits per heavy atom. The fraction of sp³-hybridized carbons (Fsp3) is 0.0588. The number of hydrogen-bond acceptors (Lipinski definition) is 2. The van der Waals surface area contributed by atoms with E-state index in [1.54, 1.807) is 6.07 Å². The van der Waals surface area contributed by atoms with E-state index < -0.39 is 0 Å². The molecule has 20 heavy (non-hydrogen) atoms. The highest BCUT2D eigenvalue weighted by atomic mass is 16.2. The summed E-state index contributed by atoms with van der Waals surface area (Å²) in [5.74, 6) is -0.627. The van der Waals surface area contributed by atoms with Crippen LogP contribution in [0.1, 0.15) is 26.3 Å². The van der Waals surface area contributed by atoms with Gasteiger partial charge >= 0.3 is 0 Å². The van der Waals surface area contributed by atoms with E-state index in [2.05, 4.69) is 11.4 Å². The van der Waals surface area contributed by atoms with E-state index in [4.69, 9.17) is 0 Å². The first-order valence-corrected chi connectivity index (χ1v) is 6.47. The minimum absolute atomic E-state index is 0.310. The molecule has 1 aliphatic rings. The van der Waals surface area contributed by atoms with Gasteiger partial charge < -0.3 is 0 Å². The van der Waals surface area contributed by atoms with Crippen LogP contribution in [0.5, 0.6) is 0 Å². The number of aryl methyl sites for hydroxylation is 1. The van der Waals surface area contributed by atoms with Gasteiger partial charge in [0.25, 0.3) is 11.8 Å². The van der Waals surface area contributed by atoms with Crippen LogP contribution in [0.2, 0.25) is 0 Å². The third kappa shape index (κ3) is 1.29. The summed E-state index contributed by atoms with van der Waals surface area (Å²) in [6.45, 7) is 1.99. The molecule has 0 aliphatic carbocycles. The summed E-state index contributed by atoms with van der Waals surface area (Å²) >= 11 is 0. The Morgan fingerprint density at radius 3 is 2.55 bits per heavy atom. The van der Waals surface area contributed by atoms with Gasteiger partial charge in [-0.2, -0.15) is 0 Å². The fourth-order valence-electron chi connectivity index (χ4n) is 2.98. The number of amides is 2. The van der Waals surface area contributed by atoms with Crippen LogP contribution in [0.4, 0.5) is 0 Å². The third-order valence-electron chi connectivity index (χ3n) is 3.94. The summed E-state index contributed by atoms with van der Waals surface area (Å²) in [7, 11) is 0. The summed E-state index contributed by atoms with van der Waals surface area (Å²) in [4.78, 5) is 24.3. The summed E-state index contributed by atoms with van der Waals surface area (Å²) in [6, 6.07) is 13.5. The van der Waals surface area contributed by atoms with Crippen LogP contribution in [-0.4, -0.2) is 11.8 Å². The number of fused-ring (bicyclic) bond motifs is 2. The fourth-order valence-corrected chi connectivity index (χ4v) is 2.98. The van der Waals surface area contributed by atoms with Gasteiger partial charge in [-0.1, -0.05) is 30.3 Å². The summed E-state index contributed by atoms with van der Waals surface area (Å²) in [5, 5.41) is 6.08. The normalized spacial score (nSPS) is 13.8. The Balaban J connectivity index is 2.37. The van der Waals surface area contributed by atoms with Gasteiger partial charge in [-0.25, -0.2) is 0 Å². The van der Waals surface area contributed by atoms with E-state index in [0.717, 1.165) is 27.1 Å². The average molecular weight is 261 g/mol. The van der Waals surface area contributed by atoms with Gasteiger partial charge in [0.05, 0.1) is 5.56 Å². The molecular formula is C17H11NO2. The molecule has 0 spiro atoms. The van der Waals surface area contributed by atoms with Crippen molar-refractivity contribution in [1.29, 1.82) is 0 Å². The predicted molar refractivity (Wildman–Crippen MR) is 78.0 cm³/mol. The Bertz CT molecular complexity index is 925. The zero-order valence-corrected chi connectivity index (χ0v) is 10.9. The molecule has 0 saturated heterocycles. The molecule has 0 radical (unpaired) electrons. The zero-order valence-electron chi connectivity index (χ0n) is 10.9. The molecule has 0 bridgehead atoms. The van der Waals surface area contributed by atoms with E-state index in [1.165, 1.54) is 0 Å². The van der Waals surface area contributed by atoms with Gasteiger partial charge in [-0.15, -0.1) is 0 Å². The Hall–Kier alpha value is -2.68. The van der Waals surface area contributed by atoms with Gasteiger partial charge in [-0.05, 0) is 40.8 Å². The van der Waals surface area contributed by atoms with Crippen molar-refractivity contribution in [2.24, 2.45) is 0 Å². The lowest BCUT2D eigenvalue weighted by Crippen LogP contribution is -2.34. The van der Waals surface area contributed by atoms with Crippen molar-refractivity contribution in [2.75, 3.05) is 0 Å². The lowest BCUT2D eigenvalue weighted by atomic mass is 9.88. The minimum Gasteiger partial charge on any atom is -0.288 e. The first-order chi connectivity index (χ1) is 9.66. The van der Waals surface area contributed by atoms with E-state index in [0.29, 0.717) is 11.1 Å². The molecule has 0 saturated carbocycles. The minimum atomic E-state index is -0.317. The molecular weight excluding hydrogens is 250 g/mol. The topological polar surface area (TPSA) is 46.2 Å². The molecule has 2 amide bonds. The molecule has 4 rings (SSSR count). The molecule has 96 valence electrons. The van der Waals surface area contributed by atoms with Gasteiger partial charge in [0.2, 0.25) is 0 Å². The maximum absolute atomic E-state index is 12.3. The van der Waals surface area contributed by atoms with Crippen LogP contribution in [0, 0.1) is 6.92 Å². The smallest absolute Gasteiger partial charge is 0.259 e. The second-order valence-corrected chi connectivity index (χ2v) is 5.11. The number of nitrogens with one attached hydrogen (secondary N) is 1. The number of benzene rings is 3. The molecule has 3 aromatic rings. The molecule has 1 N–H and O–H groups in total. The lowest BCUT2D eigenvalue weighted by Gasteiger charge is -2.19. The quantitative estimate of drug-likeness (QED) is 0.499. The standard InChI is InChI=1S/C17H11NO2/c1-9-6-7-12-14-13(9)8-10-4-2-3-5-11(10)15(14)17(20)18-16(12)19/h2-8H,1H3,(H,18,19,20). The molecule has 0 fully saturated rings. The van der Waals surface area contributed by atoms with Crippen molar-refractivity contribution in [3.05, 3.63) is 59.2 Å². The number of rotatable bonds is 0. The molecule has 0 atom stereocenters. The van der Waals surface area contributed by atoms with Crippen molar-refractivity contribution in [1.82, 2.24) is 5.32 Å². The van der Waals surface area contributed by atoms with Crippen LogP contribution in [-0.2, 0) is 0 Å². The lowest BCUT2D eigenvalue weighted by molar-refractivity contribution is 0.0846. The number of carbonyl (C=O) groups is 2. The first kappa shape index (κ1) is 11.2.